The minimum absolute atomic E-state index is 0.172. The molecule has 2 aromatic rings. The average molecular weight is 299 g/mol. The molecule has 22 heavy (non-hydrogen) atoms. The first-order chi connectivity index (χ1) is 10.7. The maximum Gasteiger partial charge on any atom is 0.275 e. The summed E-state index contributed by atoms with van der Waals surface area (Å²) in [5, 5.41) is 2.80. The monoisotopic (exact) mass is 299 g/mol. The molecule has 0 spiro atoms. The number of carbonyl (C=O) groups excluding carboxylic acids is 2. The molecule has 0 saturated heterocycles. The Labute approximate surface area is 127 Å². The van der Waals surface area contributed by atoms with Crippen LogP contribution in [-0.4, -0.2) is 21.4 Å². The fraction of sp³-hybridized carbons (Fsp3) is 0.267. The summed E-state index contributed by atoms with van der Waals surface area (Å²) < 4.78 is 1.98. The van der Waals surface area contributed by atoms with Crippen molar-refractivity contribution in [2.45, 2.75) is 26.3 Å². The van der Waals surface area contributed by atoms with Crippen molar-refractivity contribution in [2.24, 2.45) is 0 Å². The molecule has 0 aliphatic carbocycles. The predicted octanol–water partition coefficient (Wildman–Crippen LogP) is 1.29. The Morgan fingerprint density at radius 1 is 1.36 bits per heavy atom. The third-order valence-corrected chi connectivity index (χ3v) is 3.40. The van der Waals surface area contributed by atoms with Crippen LogP contribution in [0.4, 0.5) is 5.95 Å². The molecule has 1 aromatic carbocycles. The molecule has 1 aliphatic rings. The molecule has 3 rings (SSSR count). The molecular weight excluding hydrogens is 282 g/mol. The number of hydrogen-bond acceptors (Lipinski definition) is 4. The SMILES string of the molecule is CCCn1c(NC(=O)C2=CCC(=O)NN2)nc2ccccc21. The number of aromatic nitrogens is 2. The first-order valence-electron chi connectivity index (χ1n) is 7.20. The second kappa shape index (κ2) is 5.88. The van der Waals surface area contributed by atoms with Crippen molar-refractivity contribution in [1.82, 2.24) is 20.4 Å². The maximum absolute atomic E-state index is 12.3. The van der Waals surface area contributed by atoms with Gasteiger partial charge in [-0.1, -0.05) is 19.1 Å². The maximum atomic E-state index is 12.3. The van der Waals surface area contributed by atoms with Gasteiger partial charge in [-0.25, -0.2) is 4.98 Å². The van der Waals surface area contributed by atoms with Gasteiger partial charge in [0.25, 0.3) is 5.91 Å². The quantitative estimate of drug-likeness (QED) is 0.794. The summed E-state index contributed by atoms with van der Waals surface area (Å²) >= 11 is 0. The number of nitrogens with one attached hydrogen (secondary N) is 3. The van der Waals surface area contributed by atoms with Crippen LogP contribution >= 0.6 is 0 Å². The molecule has 3 N–H and O–H groups in total. The van der Waals surface area contributed by atoms with Gasteiger partial charge in [0.1, 0.15) is 5.70 Å². The van der Waals surface area contributed by atoms with Crippen LogP contribution in [0.2, 0.25) is 0 Å². The van der Waals surface area contributed by atoms with Gasteiger partial charge in [-0.3, -0.25) is 25.8 Å². The summed E-state index contributed by atoms with van der Waals surface area (Å²) in [4.78, 5) is 27.8. The molecule has 0 radical (unpaired) electrons. The molecule has 2 heterocycles. The Morgan fingerprint density at radius 2 is 2.18 bits per heavy atom. The Morgan fingerprint density at radius 3 is 2.91 bits per heavy atom. The standard InChI is InChI=1S/C15H17N5O2/c1-2-9-20-12-6-4-3-5-10(12)16-15(20)17-14(22)11-7-8-13(21)19-18-11/h3-7,18H,2,8-9H2,1H3,(H,19,21)(H,16,17,22). The molecule has 0 bridgehead atoms. The van der Waals surface area contributed by atoms with Crippen LogP contribution in [0.15, 0.2) is 36.0 Å². The third kappa shape index (κ3) is 2.65. The first-order valence-corrected chi connectivity index (χ1v) is 7.20. The zero-order valence-corrected chi connectivity index (χ0v) is 12.2. The van der Waals surface area contributed by atoms with E-state index in [1.165, 1.54) is 0 Å². The van der Waals surface area contributed by atoms with E-state index in [2.05, 4.69) is 28.1 Å². The highest BCUT2D eigenvalue weighted by Gasteiger charge is 2.18. The van der Waals surface area contributed by atoms with E-state index < -0.39 is 0 Å². The summed E-state index contributed by atoms with van der Waals surface area (Å²) in [7, 11) is 0. The number of hydrogen-bond donors (Lipinski definition) is 3. The number of rotatable bonds is 4. The molecule has 1 aliphatic heterocycles. The van der Waals surface area contributed by atoms with E-state index in [9.17, 15) is 9.59 Å². The zero-order chi connectivity index (χ0) is 15.5. The van der Waals surface area contributed by atoms with E-state index in [0.29, 0.717) is 11.6 Å². The number of anilines is 1. The van der Waals surface area contributed by atoms with Crippen molar-refractivity contribution < 1.29 is 9.59 Å². The van der Waals surface area contributed by atoms with Crippen molar-refractivity contribution in [3.63, 3.8) is 0 Å². The summed E-state index contributed by atoms with van der Waals surface area (Å²) in [6.07, 6.45) is 2.67. The van der Waals surface area contributed by atoms with E-state index in [-0.39, 0.29) is 18.2 Å². The lowest BCUT2D eigenvalue weighted by Gasteiger charge is -2.16. The summed E-state index contributed by atoms with van der Waals surface area (Å²) in [5.41, 5.74) is 7.14. The predicted molar refractivity (Wildman–Crippen MR) is 82.6 cm³/mol. The van der Waals surface area contributed by atoms with Crippen LogP contribution in [0.3, 0.4) is 0 Å². The van der Waals surface area contributed by atoms with Crippen LogP contribution in [0.5, 0.6) is 0 Å². The van der Waals surface area contributed by atoms with Gasteiger partial charge in [-0.2, -0.15) is 0 Å². The van der Waals surface area contributed by atoms with Crippen molar-refractivity contribution >= 4 is 28.8 Å². The minimum atomic E-state index is -0.326. The summed E-state index contributed by atoms with van der Waals surface area (Å²) in [5.74, 6) is 0.00933. The van der Waals surface area contributed by atoms with Crippen LogP contribution in [-0.2, 0) is 16.1 Å². The lowest BCUT2D eigenvalue weighted by atomic mass is 10.3. The van der Waals surface area contributed by atoms with Gasteiger partial charge in [0.15, 0.2) is 0 Å². The molecule has 0 atom stereocenters. The van der Waals surface area contributed by atoms with E-state index in [1.54, 1.807) is 6.08 Å². The second-order valence-electron chi connectivity index (χ2n) is 5.02. The largest absolute Gasteiger partial charge is 0.310 e. The number of benzene rings is 1. The number of para-hydroxylation sites is 2. The Kier molecular flexibility index (Phi) is 3.78. The van der Waals surface area contributed by atoms with Gasteiger partial charge in [-0.15, -0.1) is 0 Å². The van der Waals surface area contributed by atoms with Gasteiger partial charge in [-0.05, 0) is 24.6 Å². The van der Waals surface area contributed by atoms with Gasteiger partial charge in [0.2, 0.25) is 11.9 Å². The number of amides is 2. The highest BCUT2D eigenvalue weighted by molar-refractivity contribution is 6.04. The van der Waals surface area contributed by atoms with E-state index in [0.717, 1.165) is 24.0 Å². The fourth-order valence-corrected chi connectivity index (χ4v) is 2.37. The third-order valence-electron chi connectivity index (χ3n) is 3.40. The first kappa shape index (κ1) is 14.1. The molecule has 1 aromatic heterocycles. The molecule has 7 heteroatoms. The second-order valence-corrected chi connectivity index (χ2v) is 5.02. The van der Waals surface area contributed by atoms with E-state index in [4.69, 9.17) is 0 Å². The zero-order valence-electron chi connectivity index (χ0n) is 12.2. The highest BCUT2D eigenvalue weighted by Crippen LogP contribution is 2.20. The number of fused-ring (bicyclic) bond motifs is 1. The Bertz CT molecular complexity index is 762. The smallest absolute Gasteiger partial charge is 0.275 e. The number of hydrazine groups is 1. The Hall–Kier alpha value is -2.83. The number of nitrogens with zero attached hydrogens (tertiary/aromatic N) is 2. The Balaban J connectivity index is 1.88. The van der Waals surface area contributed by atoms with Gasteiger partial charge >= 0.3 is 0 Å². The average Bonchev–Trinajstić information content (AvgIpc) is 2.86. The molecule has 0 fully saturated rings. The van der Waals surface area contributed by atoms with E-state index >= 15 is 0 Å². The number of imidazole rings is 1. The topological polar surface area (TPSA) is 88.0 Å². The van der Waals surface area contributed by atoms with E-state index in [1.807, 2.05) is 28.8 Å². The lowest BCUT2D eigenvalue weighted by Crippen LogP contribution is -2.43. The van der Waals surface area contributed by atoms with Crippen LogP contribution in [0.25, 0.3) is 11.0 Å². The van der Waals surface area contributed by atoms with Crippen molar-refractivity contribution in [3.8, 4) is 0 Å². The number of carbonyl (C=O) groups is 2. The molecule has 114 valence electrons. The molecule has 7 nitrogen and oxygen atoms in total. The fourth-order valence-electron chi connectivity index (χ4n) is 2.37. The molecule has 2 amide bonds. The highest BCUT2D eigenvalue weighted by atomic mass is 16.2. The van der Waals surface area contributed by atoms with Crippen molar-refractivity contribution in [1.29, 1.82) is 0 Å². The van der Waals surface area contributed by atoms with Gasteiger partial charge in [0, 0.05) is 13.0 Å². The lowest BCUT2D eigenvalue weighted by molar-refractivity contribution is -0.121. The normalized spacial score (nSPS) is 14.2. The molecule has 0 unspecified atom stereocenters. The van der Waals surface area contributed by atoms with Gasteiger partial charge < -0.3 is 4.57 Å². The van der Waals surface area contributed by atoms with Gasteiger partial charge in [0.05, 0.1) is 11.0 Å². The molecule has 0 saturated carbocycles. The van der Waals surface area contributed by atoms with Crippen molar-refractivity contribution in [3.05, 3.63) is 36.0 Å². The van der Waals surface area contributed by atoms with Crippen LogP contribution in [0.1, 0.15) is 19.8 Å². The van der Waals surface area contributed by atoms with Crippen LogP contribution in [0, 0.1) is 0 Å². The number of aryl methyl sites for hydroxylation is 1. The summed E-state index contributed by atoms with van der Waals surface area (Å²) in [6.45, 7) is 2.83. The summed E-state index contributed by atoms with van der Waals surface area (Å²) in [6, 6.07) is 7.75. The van der Waals surface area contributed by atoms with Crippen molar-refractivity contribution in [2.75, 3.05) is 5.32 Å². The minimum Gasteiger partial charge on any atom is -0.310 e. The molecular formula is C15H17N5O2. The van der Waals surface area contributed by atoms with Crippen LogP contribution < -0.4 is 16.2 Å².